The van der Waals surface area contributed by atoms with E-state index < -0.39 is 0 Å². The lowest BCUT2D eigenvalue weighted by Gasteiger charge is -2.26. The number of aromatic nitrogens is 1. The number of thiophene rings is 1. The van der Waals surface area contributed by atoms with Crippen LogP contribution in [0.3, 0.4) is 0 Å². The van der Waals surface area contributed by atoms with Gasteiger partial charge in [0.15, 0.2) is 0 Å². The van der Waals surface area contributed by atoms with Crippen molar-refractivity contribution in [2.24, 2.45) is 0 Å². The first-order chi connectivity index (χ1) is 24.7. The molecule has 2 aromatic heterocycles. The Kier molecular flexibility index (Phi) is 6.76. The van der Waals surface area contributed by atoms with Crippen LogP contribution in [0.5, 0.6) is 0 Å². The maximum atomic E-state index is 7.09. The second-order valence-corrected chi connectivity index (χ2v) is 14.2. The van der Waals surface area contributed by atoms with Gasteiger partial charge < -0.3 is 9.47 Å². The molecule has 8 aromatic carbocycles. The molecule has 0 radical (unpaired) electrons. The summed E-state index contributed by atoms with van der Waals surface area (Å²) in [6, 6.07) is 62.9. The van der Waals surface area contributed by atoms with E-state index in [0.29, 0.717) is 5.02 Å². The van der Waals surface area contributed by atoms with Crippen molar-refractivity contribution in [2.75, 3.05) is 4.90 Å². The van der Waals surface area contributed by atoms with Crippen LogP contribution in [-0.2, 0) is 0 Å². The van der Waals surface area contributed by atoms with E-state index in [1.165, 1.54) is 58.3 Å². The molecule has 0 spiro atoms. The van der Waals surface area contributed by atoms with Crippen LogP contribution in [0.2, 0.25) is 5.02 Å². The van der Waals surface area contributed by atoms with Gasteiger partial charge in [-0.3, -0.25) is 0 Å². The standard InChI is InChI=1S/C46H29ClN2S/c47-33-24-32(25-37(28-33)48(34-16-4-1-5-17-34)35-18-6-2-7-19-35)39-29-40-38-22-12-13-23-42(38)49(36-20-8-3-9-21-36)45(40)44-41-26-30-14-10-11-15-31(30)27-43(41)50-46(39)44/h1-29H. The monoisotopic (exact) mass is 676 g/mol. The lowest BCUT2D eigenvalue weighted by atomic mass is 9.97. The summed E-state index contributed by atoms with van der Waals surface area (Å²) in [5.41, 5.74) is 9.01. The van der Waals surface area contributed by atoms with Crippen LogP contribution in [0.1, 0.15) is 0 Å². The molecule has 0 aliphatic carbocycles. The minimum Gasteiger partial charge on any atom is -0.310 e. The molecule has 0 aliphatic heterocycles. The first kappa shape index (κ1) is 29.1. The molecule has 0 fully saturated rings. The third-order valence-corrected chi connectivity index (χ3v) is 11.1. The van der Waals surface area contributed by atoms with E-state index in [4.69, 9.17) is 11.6 Å². The van der Waals surface area contributed by atoms with Crippen LogP contribution < -0.4 is 4.90 Å². The Morgan fingerprint density at radius 1 is 0.500 bits per heavy atom. The summed E-state index contributed by atoms with van der Waals surface area (Å²) in [5.74, 6) is 0. The molecular weight excluding hydrogens is 648 g/mol. The number of nitrogens with zero attached hydrogens (tertiary/aromatic N) is 2. The lowest BCUT2D eigenvalue weighted by Crippen LogP contribution is -2.09. The molecule has 4 heteroatoms. The van der Waals surface area contributed by atoms with Crippen LogP contribution >= 0.6 is 22.9 Å². The van der Waals surface area contributed by atoms with Crippen molar-refractivity contribution in [3.05, 3.63) is 181 Å². The number of halogens is 1. The van der Waals surface area contributed by atoms with Gasteiger partial charge in [0.05, 0.1) is 11.0 Å². The normalized spacial score (nSPS) is 11.7. The molecule has 10 rings (SSSR count). The molecule has 0 aliphatic rings. The van der Waals surface area contributed by atoms with Crippen molar-refractivity contribution >= 4 is 92.8 Å². The Hall–Kier alpha value is -5.87. The van der Waals surface area contributed by atoms with Crippen molar-refractivity contribution in [3.8, 4) is 16.8 Å². The second kappa shape index (κ2) is 11.6. The maximum Gasteiger partial charge on any atom is 0.0634 e. The fourth-order valence-electron chi connectivity index (χ4n) is 7.59. The largest absolute Gasteiger partial charge is 0.310 e. The van der Waals surface area contributed by atoms with Crippen molar-refractivity contribution in [1.82, 2.24) is 4.57 Å². The number of fused-ring (bicyclic) bond motifs is 8. The fourth-order valence-corrected chi connectivity index (χ4v) is 9.10. The molecule has 0 atom stereocenters. The summed E-state index contributed by atoms with van der Waals surface area (Å²) < 4.78 is 4.98. The average Bonchev–Trinajstić information content (AvgIpc) is 3.70. The van der Waals surface area contributed by atoms with E-state index in [0.717, 1.165) is 28.3 Å². The van der Waals surface area contributed by atoms with Gasteiger partial charge in [0.1, 0.15) is 0 Å². The molecule has 2 heterocycles. The van der Waals surface area contributed by atoms with Gasteiger partial charge in [-0.15, -0.1) is 11.3 Å². The first-order valence-electron chi connectivity index (χ1n) is 16.8. The molecule has 10 aromatic rings. The van der Waals surface area contributed by atoms with E-state index in [-0.39, 0.29) is 0 Å². The Morgan fingerprint density at radius 3 is 1.84 bits per heavy atom. The van der Waals surface area contributed by atoms with Gasteiger partial charge in [-0.25, -0.2) is 0 Å². The van der Waals surface area contributed by atoms with E-state index in [1.54, 1.807) is 0 Å². The molecule has 0 saturated heterocycles. The third-order valence-electron chi connectivity index (χ3n) is 9.74. The number of hydrogen-bond donors (Lipinski definition) is 0. The van der Waals surface area contributed by atoms with Crippen LogP contribution in [0, 0.1) is 0 Å². The van der Waals surface area contributed by atoms with Gasteiger partial charge in [-0.05, 0) is 95.2 Å². The molecule has 0 bridgehead atoms. The molecular formula is C46H29ClN2S. The Morgan fingerprint density at radius 2 is 1.12 bits per heavy atom. The molecule has 0 amide bonds. The first-order valence-corrected chi connectivity index (χ1v) is 18.0. The highest BCUT2D eigenvalue weighted by atomic mass is 35.5. The quantitative estimate of drug-likeness (QED) is 0.176. The summed E-state index contributed by atoms with van der Waals surface area (Å²) in [6.45, 7) is 0. The maximum absolute atomic E-state index is 7.09. The number of rotatable bonds is 5. The zero-order valence-electron chi connectivity index (χ0n) is 26.9. The summed E-state index contributed by atoms with van der Waals surface area (Å²) in [7, 11) is 0. The predicted octanol–water partition coefficient (Wildman–Crippen LogP) is 14.1. The number of benzene rings is 8. The molecule has 0 unspecified atom stereocenters. The third kappa shape index (κ3) is 4.63. The molecule has 236 valence electrons. The predicted molar refractivity (Wildman–Crippen MR) is 216 cm³/mol. The highest BCUT2D eigenvalue weighted by molar-refractivity contribution is 7.26. The summed E-state index contributed by atoms with van der Waals surface area (Å²) in [6.07, 6.45) is 0. The molecule has 0 saturated carbocycles. The van der Waals surface area contributed by atoms with Gasteiger partial charge in [0, 0.05) is 64.3 Å². The van der Waals surface area contributed by atoms with E-state index >= 15 is 0 Å². The fraction of sp³-hybridized carbons (Fsp3) is 0. The van der Waals surface area contributed by atoms with Gasteiger partial charge in [0.2, 0.25) is 0 Å². The van der Waals surface area contributed by atoms with Crippen molar-refractivity contribution in [2.45, 2.75) is 0 Å². The summed E-state index contributed by atoms with van der Waals surface area (Å²) in [5, 5.41) is 8.18. The SMILES string of the molecule is Clc1cc(-c2cc3c4ccccc4n(-c4ccccc4)c3c3c2sc2cc4ccccc4cc23)cc(N(c2ccccc2)c2ccccc2)c1. The smallest absolute Gasteiger partial charge is 0.0634 e. The van der Waals surface area contributed by atoms with E-state index in [1.807, 2.05) is 11.3 Å². The number of anilines is 3. The Bertz CT molecular complexity index is 2830. The highest BCUT2D eigenvalue weighted by Gasteiger charge is 2.23. The lowest BCUT2D eigenvalue weighted by molar-refractivity contribution is 1.19. The van der Waals surface area contributed by atoms with Gasteiger partial charge in [0.25, 0.3) is 0 Å². The van der Waals surface area contributed by atoms with Crippen molar-refractivity contribution in [3.63, 3.8) is 0 Å². The summed E-state index contributed by atoms with van der Waals surface area (Å²) in [4.78, 5) is 2.28. The Balaban J connectivity index is 1.34. The molecule has 50 heavy (non-hydrogen) atoms. The Labute approximate surface area is 298 Å². The minimum atomic E-state index is 0.696. The number of para-hydroxylation sites is 4. The van der Waals surface area contributed by atoms with Crippen LogP contribution in [0.25, 0.3) is 69.6 Å². The van der Waals surface area contributed by atoms with Gasteiger partial charge in [-0.1, -0.05) is 109 Å². The summed E-state index contributed by atoms with van der Waals surface area (Å²) >= 11 is 8.96. The second-order valence-electron chi connectivity index (χ2n) is 12.7. The van der Waals surface area contributed by atoms with Gasteiger partial charge >= 0.3 is 0 Å². The topological polar surface area (TPSA) is 8.17 Å². The van der Waals surface area contributed by atoms with Gasteiger partial charge in [-0.2, -0.15) is 0 Å². The van der Waals surface area contributed by atoms with Crippen LogP contribution in [0.4, 0.5) is 17.1 Å². The van der Waals surface area contributed by atoms with E-state index in [9.17, 15) is 0 Å². The van der Waals surface area contributed by atoms with Crippen molar-refractivity contribution in [1.29, 1.82) is 0 Å². The zero-order valence-corrected chi connectivity index (χ0v) is 28.5. The highest BCUT2D eigenvalue weighted by Crippen LogP contribution is 2.49. The average molecular weight is 677 g/mol. The zero-order chi connectivity index (χ0) is 33.2. The minimum absolute atomic E-state index is 0.696. The van der Waals surface area contributed by atoms with E-state index in [2.05, 4.69) is 185 Å². The molecule has 2 nitrogen and oxygen atoms in total. The molecule has 0 N–H and O–H groups in total. The van der Waals surface area contributed by atoms with Crippen LogP contribution in [-0.4, -0.2) is 4.57 Å². The number of hydrogen-bond acceptors (Lipinski definition) is 2. The van der Waals surface area contributed by atoms with Crippen molar-refractivity contribution < 1.29 is 0 Å². The van der Waals surface area contributed by atoms with Crippen LogP contribution in [0.15, 0.2) is 176 Å².